The van der Waals surface area contributed by atoms with E-state index in [9.17, 15) is 44.7 Å². The zero-order chi connectivity index (χ0) is 29.9. The van der Waals surface area contributed by atoms with E-state index < -0.39 is 68.5 Å². The maximum Gasteiger partial charge on any atom is 0.422 e. The van der Waals surface area contributed by atoms with Gasteiger partial charge in [-0.2, -0.15) is 26.3 Å². The Balaban J connectivity index is 1.99. The molecule has 0 spiro atoms. The van der Waals surface area contributed by atoms with Crippen molar-refractivity contribution >= 4 is 33.0 Å². The number of carboxylic acids is 1. The lowest BCUT2D eigenvalue weighted by atomic mass is 10.0. The Morgan fingerprint density at radius 2 is 1.55 bits per heavy atom. The maximum atomic E-state index is 13.2. The SMILES string of the molecule is CC(C)Cc1ccc(-c2cc(NS(=O)(=O)c3cc(OCC(F)(F)F)ccc3OCC(F)(F)F)c(C(=O)O)s2)cc1. The molecule has 0 bridgehead atoms. The fourth-order valence-electron chi connectivity index (χ4n) is 3.48. The number of halogens is 6. The van der Waals surface area contributed by atoms with Crippen molar-refractivity contribution in [1.29, 1.82) is 0 Å². The molecule has 2 aromatic carbocycles. The van der Waals surface area contributed by atoms with Crippen LogP contribution in [0.4, 0.5) is 32.0 Å². The monoisotopic (exact) mass is 611 g/mol. The minimum Gasteiger partial charge on any atom is -0.484 e. The molecule has 0 aliphatic rings. The molecule has 0 amide bonds. The maximum absolute atomic E-state index is 13.2. The van der Waals surface area contributed by atoms with Gasteiger partial charge in [0.1, 0.15) is 21.3 Å². The highest BCUT2D eigenvalue weighted by Crippen LogP contribution is 2.38. The second-order valence-electron chi connectivity index (χ2n) is 8.98. The van der Waals surface area contributed by atoms with Crippen LogP contribution in [0.2, 0.25) is 0 Å². The van der Waals surface area contributed by atoms with E-state index in [-0.39, 0.29) is 0 Å². The van der Waals surface area contributed by atoms with Crippen LogP contribution in [-0.4, -0.2) is 45.1 Å². The van der Waals surface area contributed by atoms with Gasteiger partial charge >= 0.3 is 18.3 Å². The number of thiophene rings is 1. The Morgan fingerprint density at radius 1 is 0.950 bits per heavy atom. The van der Waals surface area contributed by atoms with Crippen LogP contribution >= 0.6 is 11.3 Å². The van der Waals surface area contributed by atoms with E-state index >= 15 is 0 Å². The first-order chi connectivity index (χ1) is 18.4. The van der Waals surface area contributed by atoms with E-state index in [1.165, 1.54) is 6.07 Å². The highest BCUT2D eigenvalue weighted by atomic mass is 32.2. The third kappa shape index (κ3) is 8.78. The summed E-state index contributed by atoms with van der Waals surface area (Å²) < 4.78 is 114. The molecule has 40 heavy (non-hydrogen) atoms. The lowest BCUT2D eigenvalue weighted by Crippen LogP contribution is -2.22. The average Bonchev–Trinajstić information content (AvgIpc) is 3.24. The number of alkyl halides is 6. The third-order valence-corrected chi connectivity index (χ3v) is 7.61. The fraction of sp³-hybridized carbons (Fsp3) is 0.320. The van der Waals surface area contributed by atoms with Crippen molar-refractivity contribution < 1.29 is 54.1 Å². The van der Waals surface area contributed by atoms with Gasteiger partial charge in [-0.25, -0.2) is 13.2 Å². The van der Waals surface area contributed by atoms with Gasteiger partial charge in [0.15, 0.2) is 13.2 Å². The molecule has 0 atom stereocenters. The summed E-state index contributed by atoms with van der Waals surface area (Å²) in [5.41, 5.74) is 1.22. The van der Waals surface area contributed by atoms with Crippen molar-refractivity contribution in [3.63, 3.8) is 0 Å². The summed E-state index contributed by atoms with van der Waals surface area (Å²) >= 11 is 0.752. The Bertz CT molecular complexity index is 1450. The second kappa shape index (κ2) is 12.0. The summed E-state index contributed by atoms with van der Waals surface area (Å²) in [7, 11) is -4.89. The van der Waals surface area contributed by atoms with Crippen LogP contribution in [0.5, 0.6) is 11.5 Å². The summed E-state index contributed by atoms with van der Waals surface area (Å²) in [4.78, 5) is 10.8. The molecule has 3 rings (SSSR count). The molecule has 0 saturated carbocycles. The van der Waals surface area contributed by atoms with Crippen LogP contribution in [-0.2, 0) is 16.4 Å². The van der Waals surface area contributed by atoms with E-state index in [4.69, 9.17) is 0 Å². The van der Waals surface area contributed by atoms with Crippen molar-refractivity contribution in [1.82, 2.24) is 0 Å². The number of hydrogen-bond donors (Lipinski definition) is 2. The zero-order valence-corrected chi connectivity index (χ0v) is 22.5. The van der Waals surface area contributed by atoms with E-state index in [1.807, 2.05) is 30.7 Å². The van der Waals surface area contributed by atoms with Gasteiger partial charge < -0.3 is 14.6 Å². The standard InChI is InChI=1S/C25H23F6NO6S2/c1-14(2)9-15-3-5-16(6-4-15)20-11-18(22(39-20)23(33)34)32-40(35,36)21-10-17(37-12-24(26,27)28)7-8-19(21)38-13-25(29,30)31/h3-8,10-11,14,32H,9,12-13H2,1-2H3,(H,33,34). The molecule has 0 aliphatic heterocycles. The van der Waals surface area contributed by atoms with Crippen molar-refractivity contribution in [3.05, 3.63) is 59.0 Å². The van der Waals surface area contributed by atoms with Gasteiger partial charge in [-0.05, 0) is 41.7 Å². The molecule has 218 valence electrons. The molecule has 0 fully saturated rings. The Hall–Kier alpha value is -3.46. The van der Waals surface area contributed by atoms with E-state index in [2.05, 4.69) is 9.47 Å². The van der Waals surface area contributed by atoms with Crippen LogP contribution in [0.3, 0.4) is 0 Å². The van der Waals surface area contributed by atoms with Crippen molar-refractivity contribution in [2.24, 2.45) is 5.92 Å². The van der Waals surface area contributed by atoms with Gasteiger partial charge in [0.2, 0.25) is 0 Å². The molecule has 15 heteroatoms. The molecular formula is C25H23F6NO6S2. The molecule has 7 nitrogen and oxygen atoms in total. The molecule has 3 aromatic rings. The number of aromatic carboxylic acids is 1. The lowest BCUT2D eigenvalue weighted by Gasteiger charge is -2.16. The van der Waals surface area contributed by atoms with Crippen LogP contribution in [0.15, 0.2) is 53.4 Å². The number of carboxylic acid groups (broad SMARTS) is 1. The first-order valence-corrected chi connectivity index (χ1v) is 13.8. The number of rotatable bonds is 11. The van der Waals surface area contributed by atoms with Gasteiger partial charge in [0, 0.05) is 10.9 Å². The molecule has 2 N–H and O–H groups in total. The van der Waals surface area contributed by atoms with Crippen molar-refractivity contribution in [2.75, 3.05) is 17.9 Å². The third-order valence-electron chi connectivity index (χ3n) is 5.05. The minimum atomic E-state index is -4.89. The molecule has 1 aromatic heterocycles. The van der Waals surface area contributed by atoms with Gasteiger partial charge in [-0.3, -0.25) is 4.72 Å². The predicted molar refractivity (Wildman–Crippen MR) is 136 cm³/mol. The number of carbonyl (C=O) groups is 1. The van der Waals surface area contributed by atoms with Crippen molar-refractivity contribution in [3.8, 4) is 21.9 Å². The quantitative estimate of drug-likeness (QED) is 0.227. The summed E-state index contributed by atoms with van der Waals surface area (Å²) in [5, 5.41) is 9.65. The Morgan fingerprint density at radius 3 is 2.10 bits per heavy atom. The van der Waals surface area contributed by atoms with Crippen LogP contribution in [0, 0.1) is 5.92 Å². The van der Waals surface area contributed by atoms with Gasteiger partial charge in [0.25, 0.3) is 10.0 Å². The Labute approximate surface area is 229 Å². The summed E-state index contributed by atoms with van der Waals surface area (Å²) in [6.45, 7) is 0.397. The van der Waals surface area contributed by atoms with E-state index in [1.54, 1.807) is 12.1 Å². The summed E-state index contributed by atoms with van der Waals surface area (Å²) in [5.74, 6) is -2.55. The Kier molecular flexibility index (Phi) is 9.29. The van der Waals surface area contributed by atoms with Gasteiger partial charge in [-0.1, -0.05) is 38.1 Å². The molecule has 0 saturated heterocycles. The van der Waals surface area contributed by atoms with E-state index in [0.29, 0.717) is 28.5 Å². The number of hydrogen-bond acceptors (Lipinski definition) is 6. The van der Waals surface area contributed by atoms with Crippen LogP contribution in [0.1, 0.15) is 29.1 Å². The molecule has 0 aliphatic carbocycles. The number of sulfonamides is 1. The number of ether oxygens (including phenoxy) is 2. The summed E-state index contributed by atoms with van der Waals surface area (Å²) in [6, 6.07) is 10.5. The first-order valence-electron chi connectivity index (χ1n) is 11.5. The lowest BCUT2D eigenvalue weighted by molar-refractivity contribution is -0.154. The van der Waals surface area contributed by atoms with Crippen molar-refractivity contribution in [2.45, 2.75) is 37.5 Å². The fourth-order valence-corrected chi connectivity index (χ4v) is 5.72. The minimum absolute atomic E-state index is 0.377. The zero-order valence-electron chi connectivity index (χ0n) is 20.9. The smallest absolute Gasteiger partial charge is 0.422 e. The first kappa shape index (κ1) is 31.1. The number of benzene rings is 2. The molecule has 0 radical (unpaired) electrons. The van der Waals surface area contributed by atoms with Crippen LogP contribution in [0.25, 0.3) is 10.4 Å². The second-order valence-corrected chi connectivity index (χ2v) is 11.7. The molecule has 0 unspecified atom stereocenters. The highest BCUT2D eigenvalue weighted by Gasteiger charge is 2.32. The summed E-state index contributed by atoms with van der Waals surface area (Å²) in [6.07, 6.45) is -8.83. The normalized spacial score (nSPS) is 12.4. The predicted octanol–water partition coefficient (Wildman–Crippen LogP) is 6.99. The molecular weight excluding hydrogens is 588 g/mol. The topological polar surface area (TPSA) is 102 Å². The number of anilines is 1. The van der Waals surface area contributed by atoms with Crippen LogP contribution < -0.4 is 14.2 Å². The largest absolute Gasteiger partial charge is 0.484 e. The van der Waals surface area contributed by atoms with Gasteiger partial charge in [-0.15, -0.1) is 11.3 Å². The van der Waals surface area contributed by atoms with Gasteiger partial charge in [0.05, 0.1) is 5.69 Å². The molecule has 1 heterocycles. The highest BCUT2D eigenvalue weighted by molar-refractivity contribution is 7.92. The number of nitrogens with one attached hydrogen (secondary N) is 1. The van der Waals surface area contributed by atoms with E-state index in [0.717, 1.165) is 29.4 Å². The average molecular weight is 612 g/mol.